The Kier molecular flexibility index (Phi) is 7.59. The predicted octanol–water partition coefficient (Wildman–Crippen LogP) is 4.35. The van der Waals surface area contributed by atoms with Gasteiger partial charge in [0.25, 0.3) is 0 Å². The Morgan fingerprint density at radius 1 is 1.21 bits per heavy atom. The second-order valence-corrected chi connectivity index (χ2v) is 14.3. The van der Waals surface area contributed by atoms with Crippen molar-refractivity contribution in [2.75, 3.05) is 7.11 Å². The number of carbonyl (C=O) groups excluding carboxylic acids is 3. The summed E-state index contributed by atoms with van der Waals surface area (Å²) in [5.74, 6) is -2.79. The van der Waals surface area contributed by atoms with E-state index in [0.717, 1.165) is 5.56 Å². The quantitative estimate of drug-likeness (QED) is 0.369. The fraction of sp³-hybridized carbons (Fsp3) is 0.727. The van der Waals surface area contributed by atoms with E-state index in [1.54, 1.807) is 19.5 Å². The van der Waals surface area contributed by atoms with Crippen LogP contribution in [0.4, 0.5) is 0 Å². The molecule has 1 aliphatic heterocycles. The Balaban J connectivity index is 1.72. The molecule has 9 heteroatoms. The molecule has 0 aromatic carbocycles. The number of esters is 2. The van der Waals surface area contributed by atoms with Crippen molar-refractivity contribution in [3.05, 3.63) is 36.3 Å². The number of fused-ring (bicyclic) bond motifs is 3. The van der Waals surface area contributed by atoms with E-state index < -0.39 is 76.0 Å². The average molecular weight is 587 g/mol. The third-order valence-electron chi connectivity index (χ3n) is 11.9. The first-order valence-corrected chi connectivity index (χ1v) is 15.1. The number of furan rings is 1. The average Bonchev–Trinajstić information content (AvgIpc) is 3.46. The van der Waals surface area contributed by atoms with Crippen molar-refractivity contribution in [2.24, 2.45) is 34.0 Å². The zero-order valence-electron chi connectivity index (χ0n) is 25.8. The summed E-state index contributed by atoms with van der Waals surface area (Å²) in [5, 5.41) is 24.0. The zero-order valence-corrected chi connectivity index (χ0v) is 25.8. The van der Waals surface area contributed by atoms with Crippen molar-refractivity contribution < 1.29 is 43.2 Å². The summed E-state index contributed by atoms with van der Waals surface area (Å²) in [6.45, 7) is 15.9. The highest BCUT2D eigenvalue weighted by atomic mass is 16.6. The number of carbonyl (C=O) groups is 3. The summed E-state index contributed by atoms with van der Waals surface area (Å²) < 4.78 is 23.8. The standard InChI is InChI=1S/C33H46O9/c1-9-17(2)29(38)41-26-27(37)30(4,5)23(13-24(36)39-8)32(7)25-18(3)33(42-28(26)32)14-20(34)12-21(19-10-11-40-16-19)31(33,6)15-22(25)35/h10-11,16-17,21-23,25-28,35,37H,3,9,12-15H2,1-2,4-8H3/t17-,21+,22-,23+,25?,26+,27+,28+,31+,32+,33+/m1/s1. The molecule has 1 unspecified atom stereocenters. The minimum atomic E-state index is -1.20. The first-order valence-electron chi connectivity index (χ1n) is 15.1. The van der Waals surface area contributed by atoms with Gasteiger partial charge in [0.2, 0.25) is 0 Å². The van der Waals surface area contributed by atoms with Crippen molar-refractivity contribution in [1.82, 2.24) is 0 Å². The van der Waals surface area contributed by atoms with E-state index in [4.69, 9.17) is 18.6 Å². The zero-order chi connectivity index (χ0) is 31.0. The first kappa shape index (κ1) is 31.0. The van der Waals surface area contributed by atoms with Gasteiger partial charge in [-0.15, -0.1) is 0 Å². The minimum absolute atomic E-state index is 0.00508. The van der Waals surface area contributed by atoms with E-state index in [1.807, 2.05) is 40.7 Å². The summed E-state index contributed by atoms with van der Waals surface area (Å²) in [6.07, 6.45) is 0.221. The van der Waals surface area contributed by atoms with Gasteiger partial charge < -0.3 is 28.8 Å². The van der Waals surface area contributed by atoms with Crippen LogP contribution in [0.3, 0.4) is 0 Å². The third-order valence-corrected chi connectivity index (χ3v) is 11.9. The van der Waals surface area contributed by atoms with Gasteiger partial charge in [0.15, 0.2) is 6.10 Å². The molecule has 5 rings (SSSR count). The molecule has 4 aliphatic rings. The molecule has 42 heavy (non-hydrogen) atoms. The maximum atomic E-state index is 13.5. The molecule has 2 bridgehead atoms. The topological polar surface area (TPSA) is 132 Å². The van der Waals surface area contributed by atoms with Crippen LogP contribution in [0.15, 0.2) is 35.2 Å². The number of ether oxygens (including phenoxy) is 3. The number of hydrogen-bond acceptors (Lipinski definition) is 9. The summed E-state index contributed by atoms with van der Waals surface area (Å²) in [6, 6.07) is 1.84. The molecule has 1 aromatic heterocycles. The Morgan fingerprint density at radius 3 is 2.50 bits per heavy atom. The molecule has 2 heterocycles. The summed E-state index contributed by atoms with van der Waals surface area (Å²) in [4.78, 5) is 39.6. The Morgan fingerprint density at radius 2 is 1.90 bits per heavy atom. The Hall–Kier alpha value is -2.49. The van der Waals surface area contributed by atoms with Crippen molar-refractivity contribution >= 4 is 17.7 Å². The van der Waals surface area contributed by atoms with Crippen LogP contribution in [0, 0.1) is 34.0 Å². The lowest BCUT2D eigenvalue weighted by Gasteiger charge is -2.73. The van der Waals surface area contributed by atoms with Crippen LogP contribution in [-0.2, 0) is 28.6 Å². The van der Waals surface area contributed by atoms with Gasteiger partial charge in [0.05, 0.1) is 37.8 Å². The van der Waals surface area contributed by atoms with Gasteiger partial charge in [-0.05, 0) is 41.4 Å². The molecule has 11 atom stereocenters. The molecule has 232 valence electrons. The van der Waals surface area contributed by atoms with Crippen LogP contribution in [0.25, 0.3) is 0 Å². The molecule has 0 amide bonds. The lowest BCUT2D eigenvalue weighted by molar-refractivity contribution is -0.339. The maximum absolute atomic E-state index is 13.5. The van der Waals surface area contributed by atoms with Crippen LogP contribution in [-0.4, -0.2) is 65.1 Å². The van der Waals surface area contributed by atoms with Gasteiger partial charge in [0, 0.05) is 41.9 Å². The van der Waals surface area contributed by atoms with Gasteiger partial charge in [-0.1, -0.05) is 48.1 Å². The molecule has 1 saturated heterocycles. The van der Waals surface area contributed by atoms with Gasteiger partial charge >= 0.3 is 11.9 Å². The predicted molar refractivity (Wildman–Crippen MR) is 152 cm³/mol. The van der Waals surface area contributed by atoms with E-state index in [1.165, 1.54) is 7.11 Å². The van der Waals surface area contributed by atoms with Crippen LogP contribution in [0.1, 0.15) is 85.1 Å². The maximum Gasteiger partial charge on any atom is 0.309 e. The summed E-state index contributed by atoms with van der Waals surface area (Å²) >= 11 is 0. The van der Waals surface area contributed by atoms with Crippen molar-refractivity contribution in [3.8, 4) is 0 Å². The number of rotatable bonds is 6. The monoisotopic (exact) mass is 586 g/mol. The largest absolute Gasteiger partial charge is 0.472 e. The summed E-state index contributed by atoms with van der Waals surface area (Å²) in [5.41, 5.74) is -2.47. The van der Waals surface area contributed by atoms with E-state index in [2.05, 4.69) is 6.58 Å². The molecule has 2 N–H and O–H groups in total. The number of Topliss-reactive ketones (excluding diaryl/α,β-unsaturated/α-hetero) is 1. The lowest BCUT2D eigenvalue weighted by atomic mass is 9.39. The molecule has 4 fully saturated rings. The van der Waals surface area contributed by atoms with Gasteiger partial charge in [-0.2, -0.15) is 0 Å². The van der Waals surface area contributed by atoms with Crippen LogP contribution in [0.5, 0.6) is 0 Å². The van der Waals surface area contributed by atoms with E-state index in [-0.39, 0.29) is 31.0 Å². The van der Waals surface area contributed by atoms with Gasteiger partial charge in [0.1, 0.15) is 17.5 Å². The third kappa shape index (κ3) is 4.09. The van der Waals surface area contributed by atoms with Crippen molar-refractivity contribution in [1.29, 1.82) is 0 Å². The fourth-order valence-corrected chi connectivity index (χ4v) is 9.34. The van der Waals surface area contributed by atoms with Crippen LogP contribution in [0.2, 0.25) is 0 Å². The fourth-order valence-electron chi connectivity index (χ4n) is 9.34. The highest BCUT2D eigenvalue weighted by Crippen LogP contribution is 2.72. The summed E-state index contributed by atoms with van der Waals surface area (Å²) in [7, 11) is 1.32. The van der Waals surface area contributed by atoms with Crippen molar-refractivity contribution in [2.45, 2.75) is 110 Å². The first-order chi connectivity index (χ1) is 19.6. The molecule has 3 aliphatic carbocycles. The molecule has 1 aromatic rings. The number of aliphatic hydroxyl groups excluding tert-OH is 2. The number of aliphatic hydroxyl groups is 2. The van der Waals surface area contributed by atoms with Crippen LogP contribution < -0.4 is 0 Å². The molecule has 9 nitrogen and oxygen atoms in total. The molecule has 3 saturated carbocycles. The molecule has 0 radical (unpaired) electrons. The lowest BCUT2D eigenvalue weighted by Crippen LogP contribution is -2.78. The molecular formula is C33H46O9. The normalized spacial score (nSPS) is 43.1. The van der Waals surface area contributed by atoms with Crippen molar-refractivity contribution in [3.63, 3.8) is 0 Å². The Labute approximate surface area is 248 Å². The van der Waals surface area contributed by atoms with E-state index >= 15 is 0 Å². The highest BCUT2D eigenvalue weighted by Gasteiger charge is 2.76. The smallest absolute Gasteiger partial charge is 0.309 e. The molecular weight excluding hydrogens is 540 g/mol. The number of ketones is 1. The van der Waals surface area contributed by atoms with E-state index in [0.29, 0.717) is 18.4 Å². The second-order valence-electron chi connectivity index (χ2n) is 14.3. The second kappa shape index (κ2) is 10.3. The van der Waals surface area contributed by atoms with E-state index in [9.17, 15) is 24.6 Å². The Bertz CT molecular complexity index is 1250. The SMILES string of the molecule is C=C1C2[C@H](O)C[C@@]3(C)[C@H](c4ccoc4)CC(=O)C[C@]13O[C@H]1[C@@H](OC(=O)[C@H](C)CC)[C@H](O)C(C)(C)[C@H](CC(=O)OC)[C@@]21C. The number of methoxy groups -OCH3 is 1. The molecule has 1 spiro atoms. The van der Waals surface area contributed by atoms with Gasteiger partial charge in [-0.3, -0.25) is 14.4 Å². The number of hydrogen-bond donors (Lipinski definition) is 2. The van der Waals surface area contributed by atoms with Gasteiger partial charge in [-0.25, -0.2) is 0 Å². The van der Waals surface area contributed by atoms with Crippen LogP contribution >= 0.6 is 0 Å². The highest BCUT2D eigenvalue weighted by molar-refractivity contribution is 5.83. The minimum Gasteiger partial charge on any atom is -0.472 e.